The molecular formula is C23H23N3O5S. The normalized spacial score (nSPS) is 16.0. The van der Waals surface area contributed by atoms with Crippen molar-refractivity contribution in [2.75, 3.05) is 23.4 Å². The van der Waals surface area contributed by atoms with E-state index < -0.39 is 18.0 Å². The molecule has 0 bridgehead atoms. The highest BCUT2D eigenvalue weighted by atomic mass is 32.1. The first-order valence-electron chi connectivity index (χ1n) is 10.5. The number of rotatable bonds is 5. The number of hydrogen-bond acceptors (Lipinski definition) is 7. The molecule has 0 spiro atoms. The largest absolute Gasteiger partial charge is 0.482 e. The first kappa shape index (κ1) is 21.8. The molecule has 1 aliphatic carbocycles. The number of ether oxygens (including phenoxy) is 2. The Bertz CT molecular complexity index is 1100. The Hall–Kier alpha value is -3.38. The van der Waals surface area contributed by atoms with Gasteiger partial charge in [-0.05, 0) is 50.3 Å². The Labute approximate surface area is 189 Å². The number of anilines is 2. The molecular weight excluding hydrogens is 430 g/mol. The van der Waals surface area contributed by atoms with Crippen molar-refractivity contribution in [3.63, 3.8) is 0 Å². The van der Waals surface area contributed by atoms with E-state index in [1.54, 1.807) is 24.3 Å². The first-order valence-corrected chi connectivity index (χ1v) is 11.4. The quantitative estimate of drug-likeness (QED) is 0.550. The number of carbonyl (C=O) groups is 3. The van der Waals surface area contributed by atoms with Crippen molar-refractivity contribution in [3.05, 3.63) is 40.3 Å². The maximum atomic E-state index is 12.7. The third-order valence-electron chi connectivity index (χ3n) is 5.54. The highest BCUT2D eigenvalue weighted by molar-refractivity contribution is 7.16. The molecule has 1 unspecified atom stereocenters. The van der Waals surface area contributed by atoms with Gasteiger partial charge in [0.2, 0.25) is 0 Å². The van der Waals surface area contributed by atoms with E-state index in [2.05, 4.69) is 11.4 Å². The van der Waals surface area contributed by atoms with Crippen LogP contribution < -0.4 is 15.0 Å². The van der Waals surface area contributed by atoms with E-state index >= 15 is 0 Å². The minimum absolute atomic E-state index is 0.166. The van der Waals surface area contributed by atoms with E-state index in [4.69, 9.17) is 9.47 Å². The molecule has 166 valence electrons. The Kier molecular flexibility index (Phi) is 6.42. The maximum absolute atomic E-state index is 12.7. The van der Waals surface area contributed by atoms with Gasteiger partial charge in [0.05, 0.1) is 11.3 Å². The molecule has 1 N–H and O–H groups in total. The SMILES string of the molecule is CC(OC(=O)CN1C(=O)COc2ccccc21)C(=O)Nc1sc2c(c1C#N)CCCCC2. The highest BCUT2D eigenvalue weighted by Gasteiger charge is 2.29. The van der Waals surface area contributed by atoms with Gasteiger partial charge in [-0.1, -0.05) is 18.6 Å². The Morgan fingerprint density at radius 3 is 2.88 bits per heavy atom. The van der Waals surface area contributed by atoms with Crippen molar-refractivity contribution in [2.45, 2.75) is 45.1 Å². The van der Waals surface area contributed by atoms with Crippen LogP contribution in [0.15, 0.2) is 24.3 Å². The summed E-state index contributed by atoms with van der Waals surface area (Å²) in [4.78, 5) is 39.8. The topological polar surface area (TPSA) is 109 Å². The fraction of sp³-hybridized carbons (Fsp3) is 0.391. The van der Waals surface area contributed by atoms with Crippen LogP contribution in [0.25, 0.3) is 0 Å². The average molecular weight is 454 g/mol. The summed E-state index contributed by atoms with van der Waals surface area (Å²) >= 11 is 1.42. The molecule has 1 aromatic carbocycles. The Morgan fingerprint density at radius 1 is 1.28 bits per heavy atom. The zero-order chi connectivity index (χ0) is 22.7. The van der Waals surface area contributed by atoms with Crippen LogP contribution in [0.1, 0.15) is 42.2 Å². The predicted octanol–water partition coefficient (Wildman–Crippen LogP) is 3.18. The number of para-hydroxylation sites is 2. The van der Waals surface area contributed by atoms with Gasteiger partial charge in [0.25, 0.3) is 11.8 Å². The third kappa shape index (κ3) is 4.46. The van der Waals surface area contributed by atoms with Crippen LogP contribution in [0, 0.1) is 11.3 Å². The van der Waals surface area contributed by atoms with Crippen molar-refractivity contribution in [2.24, 2.45) is 0 Å². The Balaban J connectivity index is 1.40. The molecule has 0 radical (unpaired) electrons. The third-order valence-corrected chi connectivity index (χ3v) is 6.75. The van der Waals surface area contributed by atoms with E-state index in [1.165, 1.54) is 23.2 Å². The van der Waals surface area contributed by atoms with Gasteiger partial charge >= 0.3 is 5.97 Å². The number of fused-ring (bicyclic) bond motifs is 2. The molecule has 2 amide bonds. The molecule has 1 aromatic heterocycles. The van der Waals surface area contributed by atoms with Crippen LogP contribution in [0.5, 0.6) is 5.75 Å². The van der Waals surface area contributed by atoms with Crippen LogP contribution in [0.3, 0.4) is 0 Å². The van der Waals surface area contributed by atoms with Crippen LogP contribution in [-0.2, 0) is 32.0 Å². The number of benzene rings is 1. The van der Waals surface area contributed by atoms with E-state index in [-0.39, 0.29) is 19.1 Å². The van der Waals surface area contributed by atoms with Gasteiger partial charge in [-0.3, -0.25) is 19.3 Å². The molecule has 2 heterocycles. The van der Waals surface area contributed by atoms with Crippen LogP contribution in [0.2, 0.25) is 0 Å². The summed E-state index contributed by atoms with van der Waals surface area (Å²) in [7, 11) is 0. The highest BCUT2D eigenvalue weighted by Crippen LogP contribution is 2.37. The van der Waals surface area contributed by atoms with Crippen LogP contribution in [0.4, 0.5) is 10.7 Å². The molecule has 1 atom stereocenters. The van der Waals surface area contributed by atoms with Gasteiger partial charge in [-0.2, -0.15) is 5.26 Å². The monoisotopic (exact) mass is 453 g/mol. The minimum atomic E-state index is -1.08. The number of esters is 1. The average Bonchev–Trinajstić information content (AvgIpc) is 2.94. The second-order valence-electron chi connectivity index (χ2n) is 7.74. The molecule has 0 saturated heterocycles. The minimum Gasteiger partial charge on any atom is -0.482 e. The number of hydrogen-bond donors (Lipinski definition) is 1. The number of aryl methyl sites for hydroxylation is 1. The zero-order valence-electron chi connectivity index (χ0n) is 17.7. The van der Waals surface area contributed by atoms with E-state index in [0.717, 1.165) is 42.5 Å². The van der Waals surface area contributed by atoms with Crippen molar-refractivity contribution >= 4 is 39.8 Å². The number of nitrogens with zero attached hydrogens (tertiary/aromatic N) is 2. The maximum Gasteiger partial charge on any atom is 0.326 e. The van der Waals surface area contributed by atoms with Gasteiger partial charge in [0.1, 0.15) is 23.4 Å². The summed E-state index contributed by atoms with van der Waals surface area (Å²) < 4.78 is 10.6. The van der Waals surface area contributed by atoms with Crippen molar-refractivity contribution in [1.29, 1.82) is 5.26 Å². The van der Waals surface area contributed by atoms with Gasteiger partial charge in [0.15, 0.2) is 12.7 Å². The van der Waals surface area contributed by atoms with Crippen molar-refractivity contribution < 1.29 is 23.9 Å². The molecule has 1 aliphatic heterocycles. The molecule has 8 nitrogen and oxygen atoms in total. The number of carbonyl (C=O) groups excluding carboxylic acids is 3. The number of nitriles is 1. The summed E-state index contributed by atoms with van der Waals surface area (Å²) in [6, 6.07) is 9.13. The number of amides is 2. The first-order chi connectivity index (χ1) is 15.5. The van der Waals surface area contributed by atoms with Crippen molar-refractivity contribution in [3.8, 4) is 11.8 Å². The van der Waals surface area contributed by atoms with Gasteiger partial charge < -0.3 is 14.8 Å². The molecule has 2 aromatic rings. The fourth-order valence-electron chi connectivity index (χ4n) is 3.91. The van der Waals surface area contributed by atoms with Gasteiger partial charge in [-0.25, -0.2) is 0 Å². The smallest absolute Gasteiger partial charge is 0.326 e. The lowest BCUT2D eigenvalue weighted by atomic mass is 10.1. The van der Waals surface area contributed by atoms with E-state index in [0.29, 0.717) is 22.0 Å². The van der Waals surface area contributed by atoms with Crippen LogP contribution in [-0.4, -0.2) is 37.0 Å². The second-order valence-corrected chi connectivity index (χ2v) is 8.84. The lowest BCUT2D eigenvalue weighted by Crippen LogP contribution is -2.43. The molecule has 2 aliphatic rings. The summed E-state index contributed by atoms with van der Waals surface area (Å²) in [6.45, 7) is 0.973. The molecule has 0 fully saturated rings. The fourth-order valence-corrected chi connectivity index (χ4v) is 5.15. The summed E-state index contributed by atoms with van der Waals surface area (Å²) in [5.74, 6) is -1.08. The molecule has 0 saturated carbocycles. The molecule has 4 rings (SSSR count). The van der Waals surface area contributed by atoms with Crippen LogP contribution >= 0.6 is 11.3 Å². The lowest BCUT2D eigenvalue weighted by Gasteiger charge is -2.28. The lowest BCUT2D eigenvalue weighted by molar-refractivity contribution is -0.152. The molecule has 32 heavy (non-hydrogen) atoms. The predicted molar refractivity (Wildman–Crippen MR) is 119 cm³/mol. The second kappa shape index (κ2) is 9.40. The van der Waals surface area contributed by atoms with Gasteiger partial charge in [0, 0.05) is 4.88 Å². The number of thiophene rings is 1. The molecule has 9 heteroatoms. The summed E-state index contributed by atoms with van der Waals surface area (Å²) in [5, 5.41) is 12.9. The standard InChI is InChI=1S/C23H23N3O5S/c1-14(22(29)25-23-16(11-24)15-7-3-2-4-10-19(15)32-23)31-21(28)12-26-17-8-5-6-9-18(17)30-13-20(26)27/h5-6,8-9,14H,2-4,7,10,12-13H2,1H3,(H,25,29). The summed E-state index contributed by atoms with van der Waals surface area (Å²) in [6.07, 6.45) is 3.90. The zero-order valence-corrected chi connectivity index (χ0v) is 18.5. The Morgan fingerprint density at radius 2 is 2.06 bits per heavy atom. The van der Waals surface area contributed by atoms with Crippen molar-refractivity contribution in [1.82, 2.24) is 0 Å². The summed E-state index contributed by atoms with van der Waals surface area (Å²) in [5.41, 5.74) is 2.02. The van der Waals surface area contributed by atoms with Gasteiger partial charge in [-0.15, -0.1) is 11.3 Å². The van der Waals surface area contributed by atoms with E-state index in [1.807, 2.05) is 0 Å². The van der Waals surface area contributed by atoms with E-state index in [9.17, 15) is 19.6 Å². The number of nitrogens with one attached hydrogen (secondary N) is 1.